The van der Waals surface area contributed by atoms with Crippen LogP contribution in [0, 0.1) is 0 Å². The number of unbranched alkanes of at least 4 members (excludes halogenated alkanes) is 13. The first kappa shape index (κ1) is 21.9. The molecule has 0 aromatic heterocycles. The van der Waals surface area contributed by atoms with E-state index in [4.69, 9.17) is 5.73 Å². The van der Waals surface area contributed by atoms with Gasteiger partial charge in [-0.2, -0.15) is 0 Å². The summed E-state index contributed by atoms with van der Waals surface area (Å²) in [6, 6.07) is 0.590. The molecule has 0 heterocycles. The van der Waals surface area contributed by atoms with Crippen molar-refractivity contribution in [3.05, 3.63) is 0 Å². The van der Waals surface area contributed by atoms with Crippen LogP contribution in [0.2, 0.25) is 0 Å². The molecule has 0 spiro atoms. The van der Waals surface area contributed by atoms with Gasteiger partial charge in [0.25, 0.3) is 0 Å². The molecule has 0 aliphatic rings. The van der Waals surface area contributed by atoms with Gasteiger partial charge in [0.05, 0.1) is 0 Å². The van der Waals surface area contributed by atoms with Gasteiger partial charge in [0.15, 0.2) is 0 Å². The van der Waals surface area contributed by atoms with E-state index in [9.17, 15) is 0 Å². The Kier molecular flexibility index (Phi) is 18.9. The summed E-state index contributed by atoms with van der Waals surface area (Å²) in [7, 11) is 0. The van der Waals surface area contributed by atoms with E-state index in [1.54, 1.807) is 0 Å². The molecule has 0 radical (unpaired) electrons. The predicted molar refractivity (Wildman–Crippen MR) is 101 cm³/mol. The van der Waals surface area contributed by atoms with Gasteiger partial charge in [0.1, 0.15) is 0 Å². The van der Waals surface area contributed by atoms with Crippen molar-refractivity contribution in [2.75, 3.05) is 13.1 Å². The summed E-state index contributed by atoms with van der Waals surface area (Å²) in [5, 5.41) is 3.55. The Morgan fingerprint density at radius 2 is 1.09 bits per heavy atom. The number of hydrogen-bond donors (Lipinski definition) is 2. The third-order valence-corrected chi connectivity index (χ3v) is 4.62. The van der Waals surface area contributed by atoms with Crippen LogP contribution in [0.15, 0.2) is 0 Å². The van der Waals surface area contributed by atoms with Crippen molar-refractivity contribution in [1.82, 2.24) is 5.32 Å². The fraction of sp³-hybridized carbons (Fsp3) is 1.00. The van der Waals surface area contributed by atoms with Crippen LogP contribution >= 0.6 is 0 Å². The number of nitrogens with two attached hydrogens (primary N) is 1. The minimum absolute atomic E-state index is 0.590. The lowest BCUT2D eigenvalue weighted by molar-refractivity contribution is 0.491. The zero-order chi connectivity index (χ0) is 16.3. The van der Waals surface area contributed by atoms with Crippen LogP contribution < -0.4 is 11.1 Å². The van der Waals surface area contributed by atoms with Gasteiger partial charge in [-0.25, -0.2) is 0 Å². The van der Waals surface area contributed by atoms with Gasteiger partial charge in [-0.1, -0.05) is 90.4 Å². The van der Waals surface area contributed by atoms with Crippen LogP contribution in [-0.2, 0) is 0 Å². The molecule has 1 atom stereocenters. The highest BCUT2D eigenvalue weighted by Crippen LogP contribution is 2.12. The summed E-state index contributed by atoms with van der Waals surface area (Å²) in [6.07, 6.45) is 21.2. The zero-order valence-corrected chi connectivity index (χ0v) is 15.7. The molecule has 0 saturated heterocycles. The Morgan fingerprint density at radius 3 is 1.50 bits per heavy atom. The lowest BCUT2D eigenvalue weighted by Gasteiger charge is -2.12. The molecule has 0 bridgehead atoms. The monoisotopic (exact) mass is 312 g/mol. The first-order valence-corrected chi connectivity index (χ1v) is 10.2. The second-order valence-electron chi connectivity index (χ2n) is 7.03. The fourth-order valence-corrected chi connectivity index (χ4v) is 3.02. The highest BCUT2D eigenvalue weighted by atomic mass is 14.9. The SMILES string of the molecule is CCCCCCCCCCCCCCCCNC(C)CCN. The zero-order valence-electron chi connectivity index (χ0n) is 15.7. The van der Waals surface area contributed by atoms with Gasteiger partial charge < -0.3 is 11.1 Å². The maximum Gasteiger partial charge on any atom is 0.00507 e. The Bertz CT molecular complexity index is 194. The van der Waals surface area contributed by atoms with Gasteiger partial charge >= 0.3 is 0 Å². The van der Waals surface area contributed by atoms with Crippen LogP contribution in [0.3, 0.4) is 0 Å². The molecule has 0 aromatic carbocycles. The van der Waals surface area contributed by atoms with Gasteiger partial charge in [0, 0.05) is 6.04 Å². The molecule has 0 rings (SSSR count). The Balaban J connectivity index is 3.00. The topological polar surface area (TPSA) is 38.0 Å². The van der Waals surface area contributed by atoms with E-state index in [0.29, 0.717) is 6.04 Å². The molecule has 0 amide bonds. The van der Waals surface area contributed by atoms with E-state index < -0.39 is 0 Å². The highest BCUT2D eigenvalue weighted by Gasteiger charge is 1.98. The molecule has 0 aromatic rings. The Morgan fingerprint density at radius 1 is 0.682 bits per heavy atom. The standard InChI is InChI=1S/C20H44N2/c1-3-4-5-6-7-8-9-10-11-12-13-14-15-16-19-22-20(2)17-18-21/h20,22H,3-19,21H2,1-2H3. The molecule has 0 aliphatic carbocycles. The summed E-state index contributed by atoms with van der Waals surface area (Å²) in [6.45, 7) is 6.49. The summed E-state index contributed by atoms with van der Waals surface area (Å²) >= 11 is 0. The molecular formula is C20H44N2. The van der Waals surface area contributed by atoms with Gasteiger partial charge in [-0.3, -0.25) is 0 Å². The summed E-state index contributed by atoms with van der Waals surface area (Å²) in [5.41, 5.74) is 5.55. The van der Waals surface area contributed by atoms with Crippen molar-refractivity contribution < 1.29 is 0 Å². The van der Waals surface area contributed by atoms with Crippen molar-refractivity contribution >= 4 is 0 Å². The van der Waals surface area contributed by atoms with Gasteiger partial charge in [-0.15, -0.1) is 0 Å². The first-order valence-electron chi connectivity index (χ1n) is 10.2. The average Bonchev–Trinajstić information content (AvgIpc) is 2.51. The minimum Gasteiger partial charge on any atom is -0.330 e. The van der Waals surface area contributed by atoms with E-state index >= 15 is 0 Å². The summed E-state index contributed by atoms with van der Waals surface area (Å²) < 4.78 is 0. The largest absolute Gasteiger partial charge is 0.330 e. The molecule has 0 aliphatic heterocycles. The van der Waals surface area contributed by atoms with E-state index in [2.05, 4.69) is 19.2 Å². The van der Waals surface area contributed by atoms with E-state index in [1.807, 2.05) is 0 Å². The van der Waals surface area contributed by atoms with Crippen molar-refractivity contribution in [3.8, 4) is 0 Å². The smallest absolute Gasteiger partial charge is 0.00507 e. The van der Waals surface area contributed by atoms with Crippen molar-refractivity contribution in [3.63, 3.8) is 0 Å². The van der Waals surface area contributed by atoms with Crippen LogP contribution in [-0.4, -0.2) is 19.1 Å². The quantitative estimate of drug-likeness (QED) is 0.314. The Labute approximate surface area is 141 Å². The maximum atomic E-state index is 5.55. The third kappa shape index (κ3) is 18.0. The van der Waals surface area contributed by atoms with Crippen LogP contribution in [0.25, 0.3) is 0 Å². The van der Waals surface area contributed by atoms with Crippen LogP contribution in [0.5, 0.6) is 0 Å². The molecule has 22 heavy (non-hydrogen) atoms. The predicted octanol–water partition coefficient (Wildman–Crippen LogP) is 5.79. The van der Waals surface area contributed by atoms with Crippen LogP contribution in [0.1, 0.15) is 110 Å². The molecule has 1 unspecified atom stereocenters. The molecule has 3 N–H and O–H groups in total. The van der Waals surface area contributed by atoms with Gasteiger partial charge in [0.2, 0.25) is 0 Å². The number of hydrogen-bond acceptors (Lipinski definition) is 2. The van der Waals surface area contributed by atoms with Crippen molar-refractivity contribution in [1.29, 1.82) is 0 Å². The van der Waals surface area contributed by atoms with E-state index in [1.165, 1.54) is 96.4 Å². The van der Waals surface area contributed by atoms with Gasteiger partial charge in [-0.05, 0) is 32.9 Å². The fourth-order valence-electron chi connectivity index (χ4n) is 3.02. The molecule has 2 heteroatoms. The maximum absolute atomic E-state index is 5.55. The second-order valence-corrected chi connectivity index (χ2v) is 7.03. The third-order valence-electron chi connectivity index (χ3n) is 4.62. The first-order chi connectivity index (χ1) is 10.8. The molecule has 0 saturated carbocycles. The number of nitrogens with one attached hydrogen (secondary N) is 1. The Hall–Kier alpha value is -0.0800. The lowest BCUT2D eigenvalue weighted by Crippen LogP contribution is -2.29. The normalized spacial score (nSPS) is 12.7. The number of rotatable bonds is 18. The molecule has 0 fully saturated rings. The molecule has 2 nitrogen and oxygen atoms in total. The summed E-state index contributed by atoms with van der Waals surface area (Å²) in [5.74, 6) is 0. The second kappa shape index (κ2) is 19.0. The minimum atomic E-state index is 0.590. The van der Waals surface area contributed by atoms with E-state index in [0.717, 1.165) is 13.0 Å². The lowest BCUT2D eigenvalue weighted by atomic mass is 10.0. The van der Waals surface area contributed by atoms with Crippen molar-refractivity contribution in [2.45, 2.75) is 116 Å². The molecule has 134 valence electrons. The molecular weight excluding hydrogens is 268 g/mol. The van der Waals surface area contributed by atoms with E-state index in [-0.39, 0.29) is 0 Å². The average molecular weight is 313 g/mol. The van der Waals surface area contributed by atoms with Crippen molar-refractivity contribution in [2.24, 2.45) is 5.73 Å². The van der Waals surface area contributed by atoms with Crippen LogP contribution in [0.4, 0.5) is 0 Å². The highest BCUT2D eigenvalue weighted by molar-refractivity contribution is 4.60. The summed E-state index contributed by atoms with van der Waals surface area (Å²) in [4.78, 5) is 0.